The minimum absolute atomic E-state index is 0.0210. The third-order valence-electron chi connectivity index (χ3n) is 3.07. The number of aromatic nitrogens is 1. The summed E-state index contributed by atoms with van der Waals surface area (Å²) in [6, 6.07) is 14.9. The Balaban J connectivity index is 1.91. The molecule has 0 bridgehead atoms. The van der Waals surface area contributed by atoms with E-state index in [0.29, 0.717) is 0 Å². The molecule has 0 aliphatic heterocycles. The second kappa shape index (κ2) is 6.82. The zero-order chi connectivity index (χ0) is 14.4. The lowest BCUT2D eigenvalue weighted by Gasteiger charge is -2.19. The molecular weight excluding hydrogens is 250 g/mol. The van der Waals surface area contributed by atoms with Crippen molar-refractivity contribution in [3.05, 3.63) is 60.4 Å². The molecule has 2 atom stereocenters. The Hall–Kier alpha value is -2.20. The van der Waals surface area contributed by atoms with E-state index in [2.05, 4.69) is 15.6 Å². The highest BCUT2D eigenvalue weighted by molar-refractivity contribution is 5.94. The summed E-state index contributed by atoms with van der Waals surface area (Å²) in [5.74, 6) is -0.0565. The van der Waals surface area contributed by atoms with Gasteiger partial charge in [0.15, 0.2) is 0 Å². The zero-order valence-electron chi connectivity index (χ0n) is 11.7. The molecule has 0 aliphatic rings. The second-order valence-electron chi connectivity index (χ2n) is 4.72. The number of nitrogens with one attached hydrogen (secondary N) is 2. The fourth-order valence-corrected chi connectivity index (χ4v) is 1.94. The Morgan fingerprint density at radius 1 is 1.05 bits per heavy atom. The number of carbonyl (C=O) groups is 1. The maximum atomic E-state index is 12.1. The molecule has 1 amide bonds. The highest BCUT2D eigenvalue weighted by Gasteiger charge is 2.16. The van der Waals surface area contributed by atoms with Crippen molar-refractivity contribution in [1.29, 1.82) is 0 Å². The van der Waals surface area contributed by atoms with Gasteiger partial charge in [-0.2, -0.15) is 0 Å². The molecule has 2 rings (SSSR count). The van der Waals surface area contributed by atoms with Crippen molar-refractivity contribution < 1.29 is 4.79 Å². The molecule has 4 heteroatoms. The van der Waals surface area contributed by atoms with Crippen molar-refractivity contribution in [2.24, 2.45) is 0 Å². The van der Waals surface area contributed by atoms with Crippen molar-refractivity contribution in [2.45, 2.75) is 25.9 Å². The number of carbonyl (C=O) groups excluding carboxylic acids is 1. The summed E-state index contributed by atoms with van der Waals surface area (Å²) in [7, 11) is 0. The molecule has 0 aliphatic carbocycles. The average Bonchev–Trinajstić information content (AvgIpc) is 2.49. The Morgan fingerprint density at radius 2 is 1.75 bits per heavy atom. The molecule has 2 N–H and O–H groups in total. The van der Waals surface area contributed by atoms with Crippen LogP contribution in [0.5, 0.6) is 0 Å². The van der Waals surface area contributed by atoms with Crippen LogP contribution in [0.4, 0.5) is 5.69 Å². The van der Waals surface area contributed by atoms with Crippen LogP contribution in [0.15, 0.2) is 54.7 Å². The molecule has 104 valence electrons. The first kappa shape index (κ1) is 14.2. The molecule has 1 heterocycles. The van der Waals surface area contributed by atoms with Crippen LogP contribution in [-0.4, -0.2) is 16.9 Å². The van der Waals surface area contributed by atoms with Crippen LogP contribution in [0, 0.1) is 0 Å². The number of hydrogen-bond donors (Lipinski definition) is 2. The summed E-state index contributed by atoms with van der Waals surface area (Å²) in [6.07, 6.45) is 1.75. The molecule has 2 aromatic rings. The van der Waals surface area contributed by atoms with E-state index < -0.39 is 0 Å². The van der Waals surface area contributed by atoms with Crippen LogP contribution in [0.1, 0.15) is 25.6 Å². The molecule has 2 unspecified atom stereocenters. The van der Waals surface area contributed by atoms with Crippen molar-refractivity contribution >= 4 is 11.6 Å². The number of hydrogen-bond acceptors (Lipinski definition) is 3. The number of para-hydroxylation sites is 1. The standard InChI is InChI=1S/C16H19N3O/c1-12(15-10-6-7-11-17-15)18-13(2)16(20)19-14-8-4-3-5-9-14/h3-13,18H,1-2H3,(H,19,20). The molecule has 0 saturated heterocycles. The number of nitrogens with zero attached hydrogens (tertiary/aromatic N) is 1. The summed E-state index contributed by atoms with van der Waals surface area (Å²) in [5, 5.41) is 6.12. The van der Waals surface area contributed by atoms with Gasteiger partial charge in [0.25, 0.3) is 0 Å². The van der Waals surface area contributed by atoms with Gasteiger partial charge in [-0.25, -0.2) is 0 Å². The zero-order valence-corrected chi connectivity index (χ0v) is 11.7. The summed E-state index contributed by atoms with van der Waals surface area (Å²) in [6.45, 7) is 3.84. The van der Waals surface area contributed by atoms with Gasteiger partial charge in [-0.3, -0.25) is 15.1 Å². The summed E-state index contributed by atoms with van der Waals surface area (Å²) in [5.41, 5.74) is 1.73. The Bertz CT molecular complexity index is 542. The molecule has 1 aromatic heterocycles. The van der Waals surface area contributed by atoms with E-state index in [4.69, 9.17) is 0 Å². The molecule has 1 aromatic carbocycles. The second-order valence-corrected chi connectivity index (χ2v) is 4.72. The van der Waals surface area contributed by atoms with Gasteiger partial charge < -0.3 is 5.32 Å². The maximum Gasteiger partial charge on any atom is 0.241 e. The van der Waals surface area contributed by atoms with Gasteiger partial charge in [0.2, 0.25) is 5.91 Å². The average molecular weight is 269 g/mol. The van der Waals surface area contributed by atoms with Gasteiger partial charge in [-0.05, 0) is 38.1 Å². The predicted molar refractivity (Wildman–Crippen MR) is 80.3 cm³/mol. The van der Waals surface area contributed by atoms with E-state index in [1.54, 1.807) is 6.20 Å². The number of amides is 1. The Morgan fingerprint density at radius 3 is 2.40 bits per heavy atom. The highest BCUT2D eigenvalue weighted by atomic mass is 16.2. The van der Waals surface area contributed by atoms with E-state index in [1.807, 2.05) is 62.4 Å². The van der Waals surface area contributed by atoms with Crippen molar-refractivity contribution in [3.63, 3.8) is 0 Å². The fraction of sp³-hybridized carbons (Fsp3) is 0.250. The van der Waals surface area contributed by atoms with Crippen LogP contribution in [0.2, 0.25) is 0 Å². The molecular formula is C16H19N3O. The quantitative estimate of drug-likeness (QED) is 0.877. The van der Waals surface area contributed by atoms with Crippen LogP contribution < -0.4 is 10.6 Å². The minimum atomic E-state index is -0.299. The first-order valence-electron chi connectivity index (χ1n) is 6.69. The SMILES string of the molecule is CC(NC(C)c1ccccn1)C(=O)Nc1ccccc1. The number of pyridine rings is 1. The van der Waals surface area contributed by atoms with Gasteiger partial charge >= 0.3 is 0 Å². The first-order valence-corrected chi connectivity index (χ1v) is 6.69. The van der Waals surface area contributed by atoms with Crippen molar-refractivity contribution in [3.8, 4) is 0 Å². The lowest BCUT2D eigenvalue weighted by molar-refractivity contribution is -0.117. The maximum absolute atomic E-state index is 12.1. The third kappa shape index (κ3) is 3.90. The van der Waals surface area contributed by atoms with E-state index in [-0.39, 0.29) is 18.0 Å². The van der Waals surface area contributed by atoms with Gasteiger partial charge in [-0.15, -0.1) is 0 Å². The molecule has 0 spiro atoms. The molecule has 0 saturated carbocycles. The minimum Gasteiger partial charge on any atom is -0.325 e. The normalized spacial score (nSPS) is 13.5. The monoisotopic (exact) mass is 269 g/mol. The smallest absolute Gasteiger partial charge is 0.241 e. The van der Waals surface area contributed by atoms with E-state index in [0.717, 1.165) is 11.4 Å². The van der Waals surface area contributed by atoms with Crippen LogP contribution >= 0.6 is 0 Å². The topological polar surface area (TPSA) is 54.0 Å². The number of anilines is 1. The van der Waals surface area contributed by atoms with Gasteiger partial charge in [0.1, 0.15) is 0 Å². The predicted octanol–water partition coefficient (Wildman–Crippen LogP) is 2.76. The summed E-state index contributed by atoms with van der Waals surface area (Å²) < 4.78 is 0. The molecule has 0 fully saturated rings. The van der Waals surface area contributed by atoms with Crippen molar-refractivity contribution in [2.75, 3.05) is 5.32 Å². The lowest BCUT2D eigenvalue weighted by atomic mass is 10.2. The van der Waals surface area contributed by atoms with Crippen LogP contribution in [0.25, 0.3) is 0 Å². The Labute approximate surface area is 119 Å². The van der Waals surface area contributed by atoms with E-state index in [9.17, 15) is 4.79 Å². The fourth-order valence-electron chi connectivity index (χ4n) is 1.94. The third-order valence-corrected chi connectivity index (χ3v) is 3.07. The van der Waals surface area contributed by atoms with Gasteiger partial charge in [0.05, 0.1) is 11.7 Å². The largest absolute Gasteiger partial charge is 0.325 e. The first-order chi connectivity index (χ1) is 9.66. The van der Waals surface area contributed by atoms with E-state index >= 15 is 0 Å². The summed E-state index contributed by atoms with van der Waals surface area (Å²) in [4.78, 5) is 16.4. The lowest BCUT2D eigenvalue weighted by Crippen LogP contribution is -2.39. The Kier molecular flexibility index (Phi) is 4.85. The summed E-state index contributed by atoms with van der Waals surface area (Å²) >= 11 is 0. The molecule has 0 radical (unpaired) electrons. The van der Waals surface area contributed by atoms with Crippen LogP contribution in [-0.2, 0) is 4.79 Å². The number of benzene rings is 1. The van der Waals surface area contributed by atoms with E-state index in [1.165, 1.54) is 0 Å². The molecule has 20 heavy (non-hydrogen) atoms. The molecule has 4 nitrogen and oxygen atoms in total. The highest BCUT2D eigenvalue weighted by Crippen LogP contribution is 2.10. The van der Waals surface area contributed by atoms with Crippen LogP contribution in [0.3, 0.4) is 0 Å². The van der Waals surface area contributed by atoms with Crippen molar-refractivity contribution in [1.82, 2.24) is 10.3 Å². The van der Waals surface area contributed by atoms with Gasteiger partial charge in [0, 0.05) is 17.9 Å². The number of rotatable bonds is 5. The van der Waals surface area contributed by atoms with Gasteiger partial charge in [-0.1, -0.05) is 24.3 Å².